The Hall–Kier alpha value is -1.43. The molecule has 0 aromatic heterocycles. The van der Waals surface area contributed by atoms with Crippen LogP contribution in [0.1, 0.15) is 31.7 Å². The molecule has 1 fully saturated rings. The third kappa shape index (κ3) is 9.15. The monoisotopic (exact) mass is 544 g/mol. The molecule has 2 rings (SSSR count). The SMILES string of the molecule is CCNC(=NCc1cccc(OC)c1O)NCCC1CCN(CC(F)(F)F)CC1.I. The number of phenols is 1. The largest absolute Gasteiger partial charge is 0.504 e. The van der Waals surface area contributed by atoms with Crippen molar-refractivity contribution in [1.82, 2.24) is 15.5 Å². The van der Waals surface area contributed by atoms with Gasteiger partial charge in [-0.05, 0) is 51.3 Å². The Morgan fingerprint density at radius 1 is 1.27 bits per heavy atom. The normalized spacial score (nSPS) is 16.1. The van der Waals surface area contributed by atoms with E-state index < -0.39 is 12.7 Å². The molecule has 1 aromatic carbocycles. The van der Waals surface area contributed by atoms with Gasteiger partial charge in [-0.15, -0.1) is 24.0 Å². The lowest BCUT2D eigenvalue weighted by atomic mass is 9.93. The van der Waals surface area contributed by atoms with Crippen molar-refractivity contribution in [3.63, 3.8) is 0 Å². The number of alkyl halides is 3. The summed E-state index contributed by atoms with van der Waals surface area (Å²) in [6.07, 6.45) is -1.68. The second-order valence-corrected chi connectivity index (χ2v) is 7.21. The van der Waals surface area contributed by atoms with E-state index in [1.54, 1.807) is 18.2 Å². The predicted octanol–water partition coefficient (Wildman–Crippen LogP) is 3.74. The lowest BCUT2D eigenvalue weighted by molar-refractivity contribution is -0.148. The van der Waals surface area contributed by atoms with Crippen LogP contribution in [0.15, 0.2) is 23.2 Å². The number of piperidine rings is 1. The second kappa shape index (κ2) is 13.1. The number of guanidine groups is 1. The van der Waals surface area contributed by atoms with E-state index in [4.69, 9.17) is 4.74 Å². The van der Waals surface area contributed by atoms with Crippen molar-refractivity contribution < 1.29 is 23.0 Å². The van der Waals surface area contributed by atoms with Crippen LogP contribution in [0, 0.1) is 5.92 Å². The summed E-state index contributed by atoms with van der Waals surface area (Å²) >= 11 is 0. The zero-order valence-corrected chi connectivity index (χ0v) is 19.8. The van der Waals surface area contributed by atoms with E-state index in [1.807, 2.05) is 6.92 Å². The smallest absolute Gasteiger partial charge is 0.401 e. The van der Waals surface area contributed by atoms with Gasteiger partial charge in [0.1, 0.15) is 0 Å². The van der Waals surface area contributed by atoms with Crippen molar-refractivity contribution in [2.75, 3.05) is 39.8 Å². The van der Waals surface area contributed by atoms with Crippen LogP contribution in [0.3, 0.4) is 0 Å². The van der Waals surface area contributed by atoms with Gasteiger partial charge in [0.15, 0.2) is 17.5 Å². The molecule has 0 aliphatic carbocycles. The fourth-order valence-corrected chi connectivity index (χ4v) is 3.45. The van der Waals surface area contributed by atoms with Crippen molar-refractivity contribution in [3.05, 3.63) is 23.8 Å². The third-order valence-corrected chi connectivity index (χ3v) is 5.01. The van der Waals surface area contributed by atoms with E-state index in [1.165, 1.54) is 12.0 Å². The number of likely N-dealkylation sites (tertiary alicyclic amines) is 1. The number of nitrogens with one attached hydrogen (secondary N) is 2. The molecule has 0 bridgehead atoms. The maximum Gasteiger partial charge on any atom is 0.401 e. The predicted molar refractivity (Wildman–Crippen MR) is 123 cm³/mol. The van der Waals surface area contributed by atoms with Gasteiger partial charge in [0, 0.05) is 18.7 Å². The first-order valence-corrected chi connectivity index (χ1v) is 9.98. The number of para-hydroxylation sites is 1. The highest BCUT2D eigenvalue weighted by atomic mass is 127. The summed E-state index contributed by atoms with van der Waals surface area (Å²) in [5, 5.41) is 16.6. The van der Waals surface area contributed by atoms with E-state index in [2.05, 4.69) is 15.6 Å². The van der Waals surface area contributed by atoms with Crippen LogP contribution in [0.25, 0.3) is 0 Å². The number of benzene rings is 1. The maximum atomic E-state index is 12.5. The van der Waals surface area contributed by atoms with Crippen LogP contribution in [0.2, 0.25) is 0 Å². The van der Waals surface area contributed by atoms with E-state index >= 15 is 0 Å². The van der Waals surface area contributed by atoms with Crippen LogP contribution in [0.5, 0.6) is 11.5 Å². The highest BCUT2D eigenvalue weighted by Gasteiger charge is 2.32. The summed E-state index contributed by atoms with van der Waals surface area (Å²) in [4.78, 5) is 5.98. The second-order valence-electron chi connectivity index (χ2n) is 7.21. The van der Waals surface area contributed by atoms with Crippen LogP contribution < -0.4 is 15.4 Å². The molecule has 0 radical (unpaired) electrons. The molecule has 0 unspecified atom stereocenters. The zero-order valence-electron chi connectivity index (χ0n) is 17.5. The van der Waals surface area contributed by atoms with E-state index in [9.17, 15) is 18.3 Å². The molecule has 0 spiro atoms. The molecule has 0 atom stereocenters. The zero-order chi connectivity index (χ0) is 21.3. The minimum absolute atomic E-state index is 0. The molecule has 0 amide bonds. The first-order chi connectivity index (χ1) is 13.8. The minimum Gasteiger partial charge on any atom is -0.504 e. The number of nitrogens with zero attached hydrogens (tertiary/aromatic N) is 2. The van der Waals surface area contributed by atoms with Gasteiger partial charge in [-0.3, -0.25) is 4.90 Å². The quantitative estimate of drug-likeness (QED) is 0.265. The number of hydrogen-bond donors (Lipinski definition) is 3. The molecule has 30 heavy (non-hydrogen) atoms. The number of rotatable bonds is 8. The van der Waals surface area contributed by atoms with Gasteiger partial charge in [-0.2, -0.15) is 13.2 Å². The molecule has 172 valence electrons. The van der Waals surface area contributed by atoms with Gasteiger partial charge >= 0.3 is 6.18 Å². The van der Waals surface area contributed by atoms with E-state index in [0.717, 1.165) is 19.3 Å². The molecule has 1 aromatic rings. The van der Waals surface area contributed by atoms with Crippen LogP contribution in [0.4, 0.5) is 13.2 Å². The number of halogens is 4. The number of phenolic OH excluding ortho intramolecular Hbond substituents is 1. The molecule has 1 aliphatic rings. The highest BCUT2D eigenvalue weighted by molar-refractivity contribution is 14.0. The first-order valence-electron chi connectivity index (χ1n) is 9.98. The van der Waals surface area contributed by atoms with Crippen LogP contribution >= 0.6 is 24.0 Å². The standard InChI is InChI=1S/C20H31F3N4O2.HI/c1-3-24-19(26-13-16-5-4-6-17(29-2)18(16)28)25-10-7-15-8-11-27(12-9-15)14-20(21,22)23;/h4-6,15,28H,3,7-14H2,1-2H3,(H2,24,25,26);1H. The first kappa shape index (κ1) is 26.6. The van der Waals surface area contributed by atoms with Gasteiger partial charge in [0.2, 0.25) is 0 Å². The summed E-state index contributed by atoms with van der Waals surface area (Å²) in [5.74, 6) is 1.55. The number of hydrogen-bond acceptors (Lipinski definition) is 4. The molecule has 3 N–H and O–H groups in total. The summed E-state index contributed by atoms with van der Waals surface area (Å²) in [6.45, 7) is 3.84. The number of aliphatic imine (C=N–C) groups is 1. The van der Waals surface area contributed by atoms with Crippen molar-refractivity contribution >= 4 is 29.9 Å². The minimum atomic E-state index is -4.12. The molecular weight excluding hydrogens is 512 g/mol. The van der Waals surface area contributed by atoms with Crippen molar-refractivity contribution in [2.24, 2.45) is 10.9 Å². The van der Waals surface area contributed by atoms with E-state index in [-0.39, 0.29) is 29.7 Å². The van der Waals surface area contributed by atoms with Gasteiger partial charge in [0.05, 0.1) is 20.2 Å². The Morgan fingerprint density at radius 2 is 1.97 bits per heavy atom. The lowest BCUT2D eigenvalue weighted by Gasteiger charge is -2.32. The molecule has 0 saturated carbocycles. The molecule has 1 aliphatic heterocycles. The van der Waals surface area contributed by atoms with Gasteiger partial charge in [0.25, 0.3) is 0 Å². The number of methoxy groups -OCH3 is 1. The Bertz CT molecular complexity index is 666. The molecular formula is C20H32F3IN4O2. The third-order valence-electron chi connectivity index (χ3n) is 5.01. The van der Waals surface area contributed by atoms with Gasteiger partial charge in [-0.1, -0.05) is 12.1 Å². The average Bonchev–Trinajstić information content (AvgIpc) is 2.67. The summed E-state index contributed by atoms with van der Waals surface area (Å²) in [6, 6.07) is 5.28. The van der Waals surface area contributed by atoms with Crippen molar-refractivity contribution in [3.8, 4) is 11.5 Å². The Labute approximate surface area is 193 Å². The maximum absolute atomic E-state index is 12.5. The van der Waals surface area contributed by atoms with Crippen LogP contribution in [-0.2, 0) is 6.54 Å². The Kier molecular flexibility index (Phi) is 11.6. The topological polar surface area (TPSA) is 69.1 Å². The molecule has 1 saturated heterocycles. The highest BCUT2D eigenvalue weighted by Crippen LogP contribution is 2.29. The van der Waals surface area contributed by atoms with Gasteiger partial charge in [-0.25, -0.2) is 4.99 Å². The fraction of sp³-hybridized carbons (Fsp3) is 0.650. The molecule has 10 heteroatoms. The van der Waals surface area contributed by atoms with Crippen molar-refractivity contribution in [2.45, 2.75) is 38.9 Å². The average molecular weight is 544 g/mol. The lowest BCUT2D eigenvalue weighted by Crippen LogP contribution is -2.41. The Morgan fingerprint density at radius 3 is 2.57 bits per heavy atom. The number of aromatic hydroxyl groups is 1. The summed E-state index contributed by atoms with van der Waals surface area (Å²) in [7, 11) is 1.50. The number of ether oxygens (including phenoxy) is 1. The summed E-state index contributed by atoms with van der Waals surface area (Å²) < 4.78 is 42.5. The van der Waals surface area contributed by atoms with Crippen molar-refractivity contribution in [1.29, 1.82) is 0 Å². The summed E-state index contributed by atoms with van der Waals surface area (Å²) in [5.41, 5.74) is 0.665. The molecule has 6 nitrogen and oxygen atoms in total. The van der Waals surface area contributed by atoms with Gasteiger partial charge < -0.3 is 20.5 Å². The molecule has 1 heterocycles. The Balaban J connectivity index is 0.00000450. The fourth-order valence-electron chi connectivity index (χ4n) is 3.45. The van der Waals surface area contributed by atoms with E-state index in [0.29, 0.717) is 55.9 Å². The van der Waals surface area contributed by atoms with Crippen LogP contribution in [-0.4, -0.2) is 62.0 Å².